The van der Waals surface area contributed by atoms with E-state index in [2.05, 4.69) is 37.1 Å². The number of hydrogen-bond donors (Lipinski definition) is 0. The first-order valence-corrected chi connectivity index (χ1v) is 12.2. The Morgan fingerprint density at radius 3 is 1.93 bits per heavy atom. The summed E-state index contributed by atoms with van der Waals surface area (Å²) in [6.45, 7) is 0.241. The van der Waals surface area contributed by atoms with Crippen LogP contribution in [-0.4, -0.2) is 48.2 Å². The third-order valence-electron chi connectivity index (χ3n) is 5.12. The Kier molecular flexibility index (Phi) is 12.4. The maximum Gasteiger partial charge on any atom is 1.00 e. The summed E-state index contributed by atoms with van der Waals surface area (Å²) in [6, 6.07) is 27.4. The topological polar surface area (TPSA) is 92.8 Å². The van der Waals surface area contributed by atoms with Gasteiger partial charge >= 0.3 is 19.8 Å². The fraction of sp³-hybridized carbons (Fsp3) is 0.0645. The largest absolute Gasteiger partial charge is 1.00 e. The van der Waals surface area contributed by atoms with E-state index in [0.717, 1.165) is 28.6 Å². The second kappa shape index (κ2) is 16.8. The quantitative estimate of drug-likeness (QED) is 0.175. The van der Waals surface area contributed by atoms with Gasteiger partial charge in [0.15, 0.2) is 11.6 Å². The molecule has 0 fully saturated rings. The number of pyridine rings is 3. The summed E-state index contributed by atoms with van der Waals surface area (Å²) in [6.07, 6.45) is 17.5. The summed E-state index contributed by atoms with van der Waals surface area (Å²) in [5.41, 5.74) is 1.61. The molecule has 1 radical (unpaired) electrons. The molecule has 0 aliphatic heterocycles. The van der Waals surface area contributed by atoms with Crippen molar-refractivity contribution in [2.24, 2.45) is 0 Å². The molecule has 0 bridgehead atoms. The molecule has 205 valence electrons. The molecule has 0 saturated heterocycles. The minimum atomic E-state index is 0. The zero-order valence-electron chi connectivity index (χ0n) is 22.1. The molecule has 0 saturated carbocycles. The molecule has 5 aromatic heterocycles. The van der Waals surface area contributed by atoms with Gasteiger partial charge in [-0.1, -0.05) is 18.1 Å². The number of ether oxygens (including phenoxy) is 2. The SMILES string of the molecule is C#CCOc1ccnc(-c2[c-]ccc(OC)c2)c1.[Os+].c1ccc(-n2cccn2)nc1.c1ccc(-n2cccn2)nc1. The Morgan fingerprint density at radius 2 is 1.41 bits per heavy atom. The van der Waals surface area contributed by atoms with Crippen LogP contribution >= 0.6 is 0 Å². The van der Waals surface area contributed by atoms with E-state index >= 15 is 0 Å². The number of nitrogens with zero attached hydrogens (tertiary/aromatic N) is 7. The smallest absolute Gasteiger partial charge is 0.516 e. The summed E-state index contributed by atoms with van der Waals surface area (Å²) in [5, 5.41) is 8.08. The molecule has 10 heteroatoms. The van der Waals surface area contributed by atoms with E-state index in [1.165, 1.54) is 0 Å². The molecule has 0 N–H and O–H groups in total. The maximum absolute atomic E-state index is 5.35. The van der Waals surface area contributed by atoms with Crippen molar-refractivity contribution in [2.45, 2.75) is 0 Å². The van der Waals surface area contributed by atoms with Crippen LogP contribution in [0.25, 0.3) is 22.9 Å². The molecule has 1 aromatic carbocycles. The predicted molar refractivity (Wildman–Crippen MR) is 152 cm³/mol. The number of rotatable bonds is 6. The van der Waals surface area contributed by atoms with Crippen LogP contribution in [-0.2, 0) is 19.8 Å². The van der Waals surface area contributed by atoms with Crippen molar-refractivity contribution in [2.75, 3.05) is 13.7 Å². The van der Waals surface area contributed by atoms with E-state index in [9.17, 15) is 0 Å². The summed E-state index contributed by atoms with van der Waals surface area (Å²) in [4.78, 5) is 12.5. The zero-order valence-corrected chi connectivity index (χ0v) is 24.7. The van der Waals surface area contributed by atoms with Crippen LogP contribution in [0.1, 0.15) is 0 Å². The molecule has 5 heterocycles. The molecule has 0 atom stereocenters. The molecule has 0 aliphatic rings. The van der Waals surface area contributed by atoms with E-state index in [4.69, 9.17) is 15.9 Å². The van der Waals surface area contributed by atoms with Crippen LogP contribution in [0.15, 0.2) is 122 Å². The number of hydrogen-bond acceptors (Lipinski definition) is 7. The average molecular weight is 719 g/mol. The van der Waals surface area contributed by atoms with Gasteiger partial charge in [0.05, 0.1) is 7.11 Å². The first-order chi connectivity index (χ1) is 19.8. The molecular weight excluding hydrogens is 693 g/mol. The van der Waals surface area contributed by atoms with Crippen molar-refractivity contribution in [1.82, 2.24) is 34.5 Å². The van der Waals surface area contributed by atoms with E-state index in [0.29, 0.717) is 5.75 Å². The van der Waals surface area contributed by atoms with Crippen LogP contribution in [0.3, 0.4) is 0 Å². The van der Waals surface area contributed by atoms with E-state index in [1.54, 1.807) is 59.6 Å². The molecule has 0 spiro atoms. The maximum atomic E-state index is 5.35. The van der Waals surface area contributed by atoms with Gasteiger partial charge in [-0.25, -0.2) is 19.3 Å². The van der Waals surface area contributed by atoms with E-state index in [-0.39, 0.29) is 26.4 Å². The first kappa shape index (κ1) is 30.4. The molecule has 6 rings (SSSR count). The Labute approximate surface area is 251 Å². The average Bonchev–Trinajstić information content (AvgIpc) is 3.78. The molecule has 6 aromatic rings. The van der Waals surface area contributed by atoms with Gasteiger partial charge in [-0.3, -0.25) is 0 Å². The Bertz CT molecular complexity index is 1520. The number of benzene rings is 1. The van der Waals surface area contributed by atoms with Crippen LogP contribution in [0.4, 0.5) is 0 Å². The van der Waals surface area contributed by atoms with Crippen molar-refractivity contribution in [3.63, 3.8) is 0 Å². The second-order valence-electron chi connectivity index (χ2n) is 7.79. The summed E-state index contributed by atoms with van der Waals surface area (Å²) in [7, 11) is 1.62. The van der Waals surface area contributed by atoms with E-state index in [1.807, 2.05) is 79.1 Å². The Balaban J connectivity index is 0.000000175. The second-order valence-corrected chi connectivity index (χ2v) is 7.79. The number of methoxy groups -OCH3 is 1. The Hall–Kier alpha value is -5.11. The first-order valence-electron chi connectivity index (χ1n) is 12.2. The van der Waals surface area contributed by atoms with Crippen molar-refractivity contribution in [1.29, 1.82) is 0 Å². The molecule has 0 aliphatic carbocycles. The third kappa shape index (κ3) is 9.54. The van der Waals surface area contributed by atoms with Crippen LogP contribution in [0, 0.1) is 18.4 Å². The van der Waals surface area contributed by atoms with Gasteiger partial charge in [-0.15, -0.1) is 36.3 Å². The molecular formula is C31H26N7O2Os. The van der Waals surface area contributed by atoms with Gasteiger partial charge in [0.1, 0.15) is 12.4 Å². The van der Waals surface area contributed by atoms with Crippen molar-refractivity contribution in [3.05, 3.63) is 128 Å². The molecule has 41 heavy (non-hydrogen) atoms. The van der Waals surface area contributed by atoms with Crippen LogP contribution in [0.2, 0.25) is 0 Å². The summed E-state index contributed by atoms with van der Waals surface area (Å²) < 4.78 is 14.0. The minimum Gasteiger partial charge on any atom is -0.516 e. The Morgan fingerprint density at radius 1 is 0.756 bits per heavy atom. The fourth-order valence-electron chi connectivity index (χ4n) is 3.28. The van der Waals surface area contributed by atoms with Crippen LogP contribution in [0.5, 0.6) is 11.5 Å². The van der Waals surface area contributed by atoms with Gasteiger partial charge in [0, 0.05) is 49.1 Å². The number of terminal acetylenes is 1. The zero-order chi connectivity index (χ0) is 27.8. The number of aromatic nitrogens is 7. The third-order valence-corrected chi connectivity index (χ3v) is 5.12. The molecule has 0 amide bonds. The van der Waals surface area contributed by atoms with Gasteiger partial charge in [0.25, 0.3) is 0 Å². The summed E-state index contributed by atoms with van der Waals surface area (Å²) in [5.74, 6) is 5.57. The fourth-order valence-corrected chi connectivity index (χ4v) is 3.28. The summed E-state index contributed by atoms with van der Waals surface area (Å²) >= 11 is 0. The standard InChI is InChI=1S/C15H12NO2.2C8H7N3.Os/c1-3-9-18-14-7-8-16-15(11-14)12-5-4-6-13(10-12)17-2;2*1-2-5-9-8(4-1)11-7-3-6-10-11;/h1,4,6-8,10-11H,9H2,2H3;2*1-7H;/q-1;;;+1. The molecule has 0 unspecified atom stereocenters. The van der Waals surface area contributed by atoms with Gasteiger partial charge < -0.3 is 14.5 Å². The normalized spacial score (nSPS) is 9.46. The van der Waals surface area contributed by atoms with Gasteiger partial charge in [0.2, 0.25) is 0 Å². The van der Waals surface area contributed by atoms with Crippen LogP contribution < -0.4 is 9.47 Å². The predicted octanol–water partition coefficient (Wildman–Crippen LogP) is 5.10. The van der Waals surface area contributed by atoms with Crippen molar-refractivity contribution < 1.29 is 29.3 Å². The van der Waals surface area contributed by atoms with Crippen molar-refractivity contribution in [3.8, 4) is 46.7 Å². The molecule has 9 nitrogen and oxygen atoms in total. The monoisotopic (exact) mass is 720 g/mol. The minimum absolute atomic E-state index is 0. The van der Waals surface area contributed by atoms with Gasteiger partial charge in [-0.05, 0) is 54.2 Å². The van der Waals surface area contributed by atoms with Crippen molar-refractivity contribution >= 4 is 0 Å². The van der Waals surface area contributed by atoms with Gasteiger partial charge in [-0.2, -0.15) is 10.2 Å². The van der Waals surface area contributed by atoms with E-state index < -0.39 is 0 Å².